The molecule has 2 aromatic carbocycles. The minimum Gasteiger partial charge on any atom is -0.331 e. The monoisotopic (exact) mass is 347 g/mol. The third-order valence-corrected chi connectivity index (χ3v) is 5.54. The van der Waals surface area contributed by atoms with Gasteiger partial charge in [-0.2, -0.15) is 0 Å². The van der Waals surface area contributed by atoms with E-state index in [1.54, 1.807) is 0 Å². The van der Waals surface area contributed by atoms with Crippen LogP contribution < -0.4 is 0 Å². The van der Waals surface area contributed by atoms with Gasteiger partial charge in [0.2, 0.25) is 0 Å². The molecule has 0 spiro atoms. The van der Waals surface area contributed by atoms with E-state index in [1.807, 2.05) is 12.1 Å². The van der Waals surface area contributed by atoms with Crippen LogP contribution in [0.3, 0.4) is 0 Å². The van der Waals surface area contributed by atoms with Gasteiger partial charge in [0, 0.05) is 19.5 Å². The number of hydrogen-bond acceptors (Lipinski definition) is 5. The zero-order valence-electron chi connectivity index (χ0n) is 14.8. The molecule has 5 rings (SSSR count). The first kappa shape index (κ1) is 15.5. The minimum absolute atomic E-state index is 0.521. The van der Waals surface area contributed by atoms with Crippen LogP contribution in [0.2, 0.25) is 0 Å². The summed E-state index contributed by atoms with van der Waals surface area (Å²) in [7, 11) is 2.13. The molecule has 0 atom stereocenters. The van der Waals surface area contributed by atoms with E-state index >= 15 is 0 Å². The maximum absolute atomic E-state index is 4.89. The van der Waals surface area contributed by atoms with Gasteiger partial charge in [-0.05, 0) is 60.0 Å². The SMILES string of the molecule is Cn1c(C2CCN(Cc3cccc4nonc34)CC2)nc2ccccc21. The number of para-hydroxylation sites is 2. The lowest BCUT2D eigenvalue weighted by atomic mass is 9.95. The Kier molecular flexibility index (Phi) is 3.71. The number of likely N-dealkylation sites (tertiary alicyclic amines) is 1. The first-order valence-corrected chi connectivity index (χ1v) is 9.13. The van der Waals surface area contributed by atoms with Crippen molar-refractivity contribution in [3.8, 4) is 0 Å². The average Bonchev–Trinajstić information content (AvgIpc) is 3.28. The fraction of sp³-hybridized carbons (Fsp3) is 0.350. The molecule has 0 unspecified atom stereocenters. The van der Waals surface area contributed by atoms with E-state index in [-0.39, 0.29) is 0 Å². The third kappa shape index (κ3) is 2.57. The van der Waals surface area contributed by atoms with Crippen LogP contribution in [0.5, 0.6) is 0 Å². The summed E-state index contributed by atoms with van der Waals surface area (Å²) in [5.74, 6) is 1.74. The predicted molar refractivity (Wildman–Crippen MR) is 99.8 cm³/mol. The fourth-order valence-corrected chi connectivity index (χ4v) is 4.11. The third-order valence-electron chi connectivity index (χ3n) is 5.54. The van der Waals surface area contributed by atoms with Crippen LogP contribution in [0.1, 0.15) is 30.1 Å². The lowest BCUT2D eigenvalue weighted by Crippen LogP contribution is -2.33. The van der Waals surface area contributed by atoms with Crippen LogP contribution >= 0.6 is 0 Å². The molecule has 6 nitrogen and oxygen atoms in total. The summed E-state index contributed by atoms with van der Waals surface area (Å²) < 4.78 is 7.14. The molecule has 0 saturated carbocycles. The number of imidazole rings is 1. The van der Waals surface area contributed by atoms with Gasteiger partial charge in [0.1, 0.15) is 16.9 Å². The number of hydrogen-bond donors (Lipinski definition) is 0. The Morgan fingerprint density at radius 3 is 2.65 bits per heavy atom. The van der Waals surface area contributed by atoms with Gasteiger partial charge in [0.15, 0.2) is 0 Å². The van der Waals surface area contributed by atoms with Crippen LogP contribution in [-0.2, 0) is 13.6 Å². The molecule has 4 aromatic rings. The molecule has 132 valence electrons. The normalized spacial score (nSPS) is 16.7. The highest BCUT2D eigenvalue weighted by atomic mass is 16.6. The molecule has 0 bridgehead atoms. The lowest BCUT2D eigenvalue weighted by Gasteiger charge is -2.31. The van der Waals surface area contributed by atoms with Crippen molar-refractivity contribution < 1.29 is 4.63 Å². The largest absolute Gasteiger partial charge is 0.331 e. The smallest absolute Gasteiger partial charge is 0.139 e. The highest BCUT2D eigenvalue weighted by Crippen LogP contribution is 2.30. The van der Waals surface area contributed by atoms with Crippen molar-refractivity contribution in [3.63, 3.8) is 0 Å². The highest BCUT2D eigenvalue weighted by molar-refractivity contribution is 5.77. The van der Waals surface area contributed by atoms with Gasteiger partial charge >= 0.3 is 0 Å². The summed E-state index contributed by atoms with van der Waals surface area (Å²) in [6.07, 6.45) is 2.26. The Morgan fingerprint density at radius 2 is 1.81 bits per heavy atom. The fourth-order valence-electron chi connectivity index (χ4n) is 4.11. The summed E-state index contributed by atoms with van der Waals surface area (Å²) in [5, 5.41) is 8.00. The molecule has 2 aromatic heterocycles. The van der Waals surface area contributed by atoms with E-state index in [0.29, 0.717) is 5.92 Å². The summed E-state index contributed by atoms with van der Waals surface area (Å²) in [5.41, 5.74) is 5.21. The van der Waals surface area contributed by atoms with Gasteiger partial charge in [-0.3, -0.25) is 4.90 Å². The molecule has 0 radical (unpaired) electrons. The maximum atomic E-state index is 4.89. The van der Waals surface area contributed by atoms with E-state index in [4.69, 9.17) is 9.61 Å². The molecule has 0 amide bonds. The van der Waals surface area contributed by atoms with Gasteiger partial charge in [-0.15, -0.1) is 0 Å². The quantitative estimate of drug-likeness (QED) is 0.568. The molecule has 1 aliphatic rings. The summed E-state index contributed by atoms with van der Waals surface area (Å²) in [6, 6.07) is 14.5. The van der Waals surface area contributed by atoms with E-state index < -0.39 is 0 Å². The van der Waals surface area contributed by atoms with Crippen molar-refractivity contribution in [2.75, 3.05) is 13.1 Å². The predicted octanol–water partition coefficient (Wildman–Crippen LogP) is 3.49. The second-order valence-corrected chi connectivity index (χ2v) is 7.12. The second-order valence-electron chi connectivity index (χ2n) is 7.12. The molecule has 0 N–H and O–H groups in total. The summed E-state index contributed by atoms with van der Waals surface area (Å²) >= 11 is 0. The molecule has 1 saturated heterocycles. The molecule has 3 heterocycles. The molecule has 0 aliphatic carbocycles. The van der Waals surface area contributed by atoms with Gasteiger partial charge < -0.3 is 4.57 Å². The maximum Gasteiger partial charge on any atom is 0.139 e. The first-order chi connectivity index (χ1) is 12.8. The van der Waals surface area contributed by atoms with E-state index in [9.17, 15) is 0 Å². The van der Waals surface area contributed by atoms with Crippen molar-refractivity contribution in [2.45, 2.75) is 25.3 Å². The van der Waals surface area contributed by atoms with Crippen molar-refractivity contribution >= 4 is 22.1 Å². The molecule has 1 aliphatic heterocycles. The molecular weight excluding hydrogens is 326 g/mol. The van der Waals surface area contributed by atoms with Crippen molar-refractivity contribution in [2.24, 2.45) is 7.05 Å². The second kappa shape index (κ2) is 6.21. The van der Waals surface area contributed by atoms with E-state index in [0.717, 1.165) is 49.0 Å². The number of aryl methyl sites for hydroxylation is 1. The van der Waals surface area contributed by atoms with Gasteiger partial charge in [-0.1, -0.05) is 24.3 Å². The molecule has 1 fully saturated rings. The van der Waals surface area contributed by atoms with Crippen LogP contribution in [0.4, 0.5) is 0 Å². The van der Waals surface area contributed by atoms with Gasteiger partial charge in [-0.25, -0.2) is 9.61 Å². The highest BCUT2D eigenvalue weighted by Gasteiger charge is 2.25. The molecule has 6 heteroatoms. The Balaban J connectivity index is 1.31. The van der Waals surface area contributed by atoms with Crippen LogP contribution in [-0.4, -0.2) is 37.9 Å². The van der Waals surface area contributed by atoms with Crippen LogP contribution in [0, 0.1) is 0 Å². The van der Waals surface area contributed by atoms with Crippen molar-refractivity contribution in [1.29, 1.82) is 0 Å². The Morgan fingerprint density at radius 1 is 1.00 bits per heavy atom. The van der Waals surface area contributed by atoms with Crippen molar-refractivity contribution in [3.05, 3.63) is 53.9 Å². The van der Waals surface area contributed by atoms with E-state index in [2.05, 4.69) is 57.2 Å². The van der Waals surface area contributed by atoms with Crippen LogP contribution in [0.25, 0.3) is 22.1 Å². The minimum atomic E-state index is 0.521. The Labute approximate surface area is 151 Å². The standard InChI is InChI=1S/C20H21N5O/c1-24-18-8-3-2-6-16(18)21-20(24)14-9-11-25(12-10-14)13-15-5-4-7-17-19(15)23-26-22-17/h2-8,14H,9-13H2,1H3. The van der Waals surface area contributed by atoms with Crippen LogP contribution in [0.15, 0.2) is 47.1 Å². The van der Waals surface area contributed by atoms with Gasteiger partial charge in [0.05, 0.1) is 11.0 Å². The zero-order chi connectivity index (χ0) is 17.5. The number of rotatable bonds is 3. The molecular formula is C20H21N5O. The zero-order valence-corrected chi connectivity index (χ0v) is 14.8. The van der Waals surface area contributed by atoms with E-state index in [1.165, 1.54) is 16.9 Å². The summed E-state index contributed by atoms with van der Waals surface area (Å²) in [6.45, 7) is 3.02. The molecule has 26 heavy (non-hydrogen) atoms. The number of nitrogens with zero attached hydrogens (tertiary/aromatic N) is 5. The van der Waals surface area contributed by atoms with Crippen molar-refractivity contribution in [1.82, 2.24) is 24.8 Å². The average molecular weight is 347 g/mol. The van der Waals surface area contributed by atoms with Gasteiger partial charge in [0.25, 0.3) is 0 Å². The summed E-state index contributed by atoms with van der Waals surface area (Å²) in [4.78, 5) is 7.38. The number of benzene rings is 2. The topological polar surface area (TPSA) is 60.0 Å². The number of fused-ring (bicyclic) bond motifs is 2. The number of aromatic nitrogens is 4. The lowest BCUT2D eigenvalue weighted by molar-refractivity contribution is 0.201. The first-order valence-electron chi connectivity index (χ1n) is 9.13. The Hall–Kier alpha value is -2.73. The Bertz CT molecular complexity index is 1060. The number of piperidine rings is 1.